The van der Waals surface area contributed by atoms with Gasteiger partial charge in [0.05, 0.1) is 3.23 Å². The molecular formula is C5H9Br3. The molecule has 0 N–H and O–H groups in total. The van der Waals surface area contributed by atoms with Crippen molar-refractivity contribution in [3.63, 3.8) is 0 Å². The molecule has 0 aliphatic carbocycles. The molecule has 0 spiro atoms. The zero-order valence-corrected chi connectivity index (χ0v) is 9.51. The van der Waals surface area contributed by atoms with Gasteiger partial charge in [-0.1, -0.05) is 54.7 Å². The monoisotopic (exact) mass is 306 g/mol. The maximum Gasteiger partial charge on any atom is 0.0811 e. The van der Waals surface area contributed by atoms with E-state index in [2.05, 4.69) is 54.7 Å². The van der Waals surface area contributed by atoms with E-state index in [4.69, 9.17) is 0 Å². The summed E-state index contributed by atoms with van der Waals surface area (Å²) in [5.74, 6) is 0. The summed E-state index contributed by atoms with van der Waals surface area (Å²) >= 11 is 10.4. The average Bonchev–Trinajstić information content (AvgIpc) is 1.67. The van der Waals surface area contributed by atoms with Crippen LogP contribution in [0.25, 0.3) is 0 Å². The SMILES string of the molecule is CCC(Br)(Br)CCBr. The molecule has 0 aliphatic heterocycles. The van der Waals surface area contributed by atoms with Gasteiger partial charge in [-0.25, -0.2) is 0 Å². The zero-order chi connectivity index (χ0) is 6.62. The summed E-state index contributed by atoms with van der Waals surface area (Å²) < 4.78 is 0.170. The molecule has 0 atom stereocenters. The summed E-state index contributed by atoms with van der Waals surface area (Å²) in [6.45, 7) is 2.14. The van der Waals surface area contributed by atoms with Gasteiger partial charge < -0.3 is 0 Å². The van der Waals surface area contributed by atoms with Crippen LogP contribution in [-0.2, 0) is 0 Å². The van der Waals surface area contributed by atoms with Crippen LogP contribution in [-0.4, -0.2) is 8.56 Å². The lowest BCUT2D eigenvalue weighted by molar-refractivity contribution is 0.776. The largest absolute Gasteiger partial charge is 0.0927 e. The number of halogens is 3. The van der Waals surface area contributed by atoms with Crippen LogP contribution in [0.1, 0.15) is 19.8 Å². The van der Waals surface area contributed by atoms with Gasteiger partial charge in [0.25, 0.3) is 0 Å². The van der Waals surface area contributed by atoms with E-state index in [9.17, 15) is 0 Å². The number of hydrogen-bond acceptors (Lipinski definition) is 0. The lowest BCUT2D eigenvalue weighted by Crippen LogP contribution is -2.08. The minimum absolute atomic E-state index is 0.170. The van der Waals surface area contributed by atoms with Crippen molar-refractivity contribution in [3.8, 4) is 0 Å². The zero-order valence-electron chi connectivity index (χ0n) is 4.76. The molecular weight excluding hydrogens is 300 g/mol. The summed E-state index contributed by atoms with van der Waals surface area (Å²) in [5, 5.41) is 1.04. The van der Waals surface area contributed by atoms with Crippen molar-refractivity contribution in [2.75, 3.05) is 5.33 Å². The van der Waals surface area contributed by atoms with Crippen molar-refractivity contribution in [3.05, 3.63) is 0 Å². The summed E-state index contributed by atoms with van der Waals surface area (Å²) in [4.78, 5) is 0. The Morgan fingerprint density at radius 2 is 1.88 bits per heavy atom. The fourth-order valence-electron chi connectivity index (χ4n) is 0.315. The van der Waals surface area contributed by atoms with E-state index in [1.807, 2.05) is 0 Å². The Balaban J connectivity index is 3.37. The Bertz CT molecular complexity index is 60.7. The summed E-state index contributed by atoms with van der Waals surface area (Å²) in [5.41, 5.74) is 0. The Labute approximate surface area is 75.8 Å². The minimum Gasteiger partial charge on any atom is -0.0927 e. The molecule has 0 aromatic rings. The lowest BCUT2D eigenvalue weighted by atomic mass is 10.3. The van der Waals surface area contributed by atoms with Crippen LogP contribution in [0.3, 0.4) is 0 Å². The third-order valence-electron chi connectivity index (χ3n) is 0.978. The first kappa shape index (κ1) is 9.44. The first-order chi connectivity index (χ1) is 3.62. The Hall–Kier alpha value is 1.44. The summed E-state index contributed by atoms with van der Waals surface area (Å²) in [7, 11) is 0. The minimum atomic E-state index is 0.170. The van der Waals surface area contributed by atoms with Gasteiger partial charge in [-0.3, -0.25) is 0 Å². The van der Waals surface area contributed by atoms with Crippen LogP contribution >= 0.6 is 47.8 Å². The normalized spacial score (nSPS) is 12.0. The van der Waals surface area contributed by atoms with Crippen LogP contribution in [0.4, 0.5) is 0 Å². The van der Waals surface area contributed by atoms with Gasteiger partial charge in [-0.15, -0.1) is 0 Å². The Kier molecular flexibility index (Phi) is 5.06. The van der Waals surface area contributed by atoms with E-state index in [1.54, 1.807) is 0 Å². The predicted octanol–water partition coefficient (Wildman–Crippen LogP) is 3.67. The molecule has 0 heterocycles. The smallest absolute Gasteiger partial charge is 0.0811 e. The van der Waals surface area contributed by atoms with Crippen LogP contribution in [0.5, 0.6) is 0 Å². The first-order valence-corrected chi connectivity index (χ1v) is 5.27. The second-order valence-corrected chi connectivity index (χ2v) is 6.54. The van der Waals surface area contributed by atoms with E-state index in [0.29, 0.717) is 0 Å². The van der Waals surface area contributed by atoms with Crippen LogP contribution in [0, 0.1) is 0 Å². The fourth-order valence-corrected chi connectivity index (χ4v) is 2.45. The van der Waals surface area contributed by atoms with E-state index < -0.39 is 0 Å². The molecule has 8 heavy (non-hydrogen) atoms. The highest BCUT2D eigenvalue weighted by atomic mass is 79.9. The predicted molar refractivity (Wildman–Crippen MR) is 49.3 cm³/mol. The van der Waals surface area contributed by atoms with E-state index in [1.165, 1.54) is 0 Å². The number of rotatable bonds is 3. The third kappa shape index (κ3) is 4.33. The fraction of sp³-hybridized carbons (Fsp3) is 1.00. The maximum absolute atomic E-state index is 3.53. The summed E-state index contributed by atoms with van der Waals surface area (Å²) in [6.07, 6.45) is 2.22. The van der Waals surface area contributed by atoms with Crippen molar-refractivity contribution in [2.24, 2.45) is 0 Å². The standard InChI is InChI=1S/C5H9Br3/c1-2-5(7,8)3-4-6/h2-4H2,1H3. The Morgan fingerprint density at radius 3 is 2.00 bits per heavy atom. The molecule has 3 heteroatoms. The maximum atomic E-state index is 3.53. The Morgan fingerprint density at radius 1 is 1.38 bits per heavy atom. The van der Waals surface area contributed by atoms with Crippen molar-refractivity contribution >= 4 is 47.8 Å². The molecule has 0 saturated heterocycles. The third-order valence-corrected chi connectivity index (χ3v) is 3.29. The molecule has 0 aromatic carbocycles. The van der Waals surface area contributed by atoms with E-state index in [-0.39, 0.29) is 3.23 Å². The highest BCUT2D eigenvalue weighted by Gasteiger charge is 2.17. The lowest BCUT2D eigenvalue weighted by Gasteiger charge is -2.15. The van der Waals surface area contributed by atoms with Crippen molar-refractivity contribution in [2.45, 2.75) is 23.0 Å². The highest BCUT2D eigenvalue weighted by molar-refractivity contribution is 9.25. The molecule has 0 nitrogen and oxygen atoms in total. The molecule has 0 bridgehead atoms. The van der Waals surface area contributed by atoms with Crippen molar-refractivity contribution in [1.82, 2.24) is 0 Å². The quantitative estimate of drug-likeness (QED) is 0.698. The van der Waals surface area contributed by atoms with Crippen LogP contribution < -0.4 is 0 Å². The van der Waals surface area contributed by atoms with Crippen LogP contribution in [0.15, 0.2) is 0 Å². The van der Waals surface area contributed by atoms with Gasteiger partial charge >= 0.3 is 0 Å². The second kappa shape index (κ2) is 4.29. The van der Waals surface area contributed by atoms with Gasteiger partial charge in [0, 0.05) is 5.33 Å². The molecule has 0 radical (unpaired) electrons. The highest BCUT2D eigenvalue weighted by Crippen LogP contribution is 2.33. The van der Waals surface area contributed by atoms with Gasteiger partial charge in [0.15, 0.2) is 0 Å². The summed E-state index contributed by atoms with van der Waals surface area (Å²) in [6, 6.07) is 0. The topological polar surface area (TPSA) is 0 Å². The second-order valence-electron chi connectivity index (χ2n) is 1.65. The van der Waals surface area contributed by atoms with Gasteiger partial charge in [-0.2, -0.15) is 0 Å². The number of hydrogen-bond donors (Lipinski definition) is 0. The van der Waals surface area contributed by atoms with Crippen LogP contribution in [0.2, 0.25) is 0 Å². The van der Waals surface area contributed by atoms with Gasteiger partial charge in [0.2, 0.25) is 0 Å². The van der Waals surface area contributed by atoms with Gasteiger partial charge in [0.1, 0.15) is 0 Å². The molecule has 0 aromatic heterocycles. The van der Waals surface area contributed by atoms with Gasteiger partial charge in [-0.05, 0) is 12.8 Å². The number of alkyl halides is 3. The molecule has 0 fully saturated rings. The molecule has 50 valence electrons. The van der Waals surface area contributed by atoms with Crippen molar-refractivity contribution < 1.29 is 0 Å². The van der Waals surface area contributed by atoms with Crippen molar-refractivity contribution in [1.29, 1.82) is 0 Å². The average molecular weight is 309 g/mol. The molecule has 0 rings (SSSR count). The molecule has 0 saturated carbocycles. The van der Waals surface area contributed by atoms with E-state index >= 15 is 0 Å². The molecule has 0 amide bonds. The molecule has 0 unspecified atom stereocenters. The molecule has 0 aliphatic rings. The first-order valence-electron chi connectivity index (χ1n) is 2.56. The van der Waals surface area contributed by atoms with E-state index in [0.717, 1.165) is 18.2 Å².